The lowest BCUT2D eigenvalue weighted by Gasteiger charge is -2.29. The lowest BCUT2D eigenvalue weighted by molar-refractivity contribution is 0.222. The molecule has 2 aromatic carbocycles. The molecule has 1 aliphatic rings. The molecule has 146 valence electrons. The third-order valence-electron chi connectivity index (χ3n) is 5.44. The second-order valence-electron chi connectivity index (χ2n) is 7.12. The molecule has 4 nitrogen and oxygen atoms in total. The van der Waals surface area contributed by atoms with E-state index in [1.807, 2.05) is 0 Å². The van der Waals surface area contributed by atoms with Gasteiger partial charge in [-0.05, 0) is 55.8 Å². The minimum absolute atomic E-state index is 0.160. The maximum absolute atomic E-state index is 6.02. The largest absolute Gasteiger partial charge is 0.496 e. The molecule has 0 aliphatic carbocycles. The average Bonchev–Trinajstić information content (AvgIpc) is 2.70. The van der Waals surface area contributed by atoms with Crippen molar-refractivity contribution in [3.8, 4) is 11.5 Å². The van der Waals surface area contributed by atoms with Gasteiger partial charge in [-0.1, -0.05) is 37.6 Å². The summed E-state index contributed by atoms with van der Waals surface area (Å²) in [6.07, 6.45) is 1.02. The molecule has 0 radical (unpaired) electrons. The van der Waals surface area contributed by atoms with E-state index in [0.717, 1.165) is 50.7 Å². The Kier molecular flexibility index (Phi) is 6.75. The van der Waals surface area contributed by atoms with Gasteiger partial charge in [0.2, 0.25) is 0 Å². The molecule has 3 rings (SSSR count). The number of ether oxygens (including phenoxy) is 2. The second-order valence-corrected chi connectivity index (χ2v) is 7.12. The van der Waals surface area contributed by atoms with Crippen molar-refractivity contribution in [1.82, 2.24) is 10.2 Å². The van der Waals surface area contributed by atoms with Crippen LogP contribution in [0.2, 0.25) is 0 Å². The van der Waals surface area contributed by atoms with Crippen molar-refractivity contribution in [3.63, 3.8) is 0 Å². The van der Waals surface area contributed by atoms with Crippen LogP contribution in [-0.2, 0) is 6.42 Å². The van der Waals surface area contributed by atoms with E-state index in [0.29, 0.717) is 0 Å². The number of hydrogen-bond donors (Lipinski definition) is 1. The Balaban J connectivity index is 1.78. The van der Waals surface area contributed by atoms with E-state index in [9.17, 15) is 0 Å². The number of benzene rings is 2. The number of likely N-dealkylation sites (N-methyl/N-ethyl adjacent to an activating group) is 1. The molecule has 1 N–H and O–H groups in total. The minimum atomic E-state index is 0.160. The van der Waals surface area contributed by atoms with Gasteiger partial charge in [0.1, 0.15) is 18.1 Å². The standard InChI is InChI=1S/C23H32N2O2/c1-5-25(6-2)13-14-27-19-8-9-20-18(16-19)11-12-24-23(20)21-15-17(3)7-10-22(21)26-4/h7-10,15-16,23-24H,5-6,11-14H2,1-4H3. The fraction of sp³-hybridized carbons (Fsp3) is 0.478. The van der Waals surface area contributed by atoms with Gasteiger partial charge in [-0.3, -0.25) is 0 Å². The third-order valence-corrected chi connectivity index (χ3v) is 5.44. The van der Waals surface area contributed by atoms with Gasteiger partial charge in [-0.2, -0.15) is 0 Å². The van der Waals surface area contributed by atoms with Crippen molar-refractivity contribution >= 4 is 0 Å². The van der Waals surface area contributed by atoms with Crippen LogP contribution in [-0.4, -0.2) is 44.8 Å². The van der Waals surface area contributed by atoms with E-state index >= 15 is 0 Å². The summed E-state index contributed by atoms with van der Waals surface area (Å²) in [7, 11) is 1.74. The van der Waals surface area contributed by atoms with E-state index in [4.69, 9.17) is 9.47 Å². The number of aryl methyl sites for hydroxylation is 1. The normalized spacial score (nSPS) is 16.3. The Hall–Kier alpha value is -2.04. The highest BCUT2D eigenvalue weighted by atomic mass is 16.5. The SMILES string of the molecule is CCN(CC)CCOc1ccc2c(c1)CCNC2c1cc(C)ccc1OC. The smallest absolute Gasteiger partial charge is 0.123 e. The summed E-state index contributed by atoms with van der Waals surface area (Å²) in [5, 5.41) is 3.66. The zero-order valence-corrected chi connectivity index (χ0v) is 17.0. The van der Waals surface area contributed by atoms with Crippen molar-refractivity contribution in [2.24, 2.45) is 0 Å². The topological polar surface area (TPSA) is 33.7 Å². The van der Waals surface area contributed by atoms with Crippen LogP contribution in [0.4, 0.5) is 0 Å². The highest BCUT2D eigenvalue weighted by Crippen LogP contribution is 2.35. The lowest BCUT2D eigenvalue weighted by Crippen LogP contribution is -2.31. The van der Waals surface area contributed by atoms with Crippen LogP contribution in [0, 0.1) is 6.92 Å². The number of nitrogens with zero attached hydrogens (tertiary/aromatic N) is 1. The molecule has 27 heavy (non-hydrogen) atoms. The summed E-state index contributed by atoms with van der Waals surface area (Å²) in [5.74, 6) is 1.91. The molecular formula is C23H32N2O2. The zero-order chi connectivity index (χ0) is 19.2. The van der Waals surface area contributed by atoms with Gasteiger partial charge in [0.05, 0.1) is 13.2 Å². The van der Waals surface area contributed by atoms with Crippen LogP contribution in [0.1, 0.15) is 42.1 Å². The third kappa shape index (κ3) is 4.63. The highest BCUT2D eigenvalue weighted by molar-refractivity contribution is 5.48. The molecule has 0 saturated heterocycles. The maximum Gasteiger partial charge on any atom is 0.123 e. The van der Waals surface area contributed by atoms with E-state index in [1.165, 1.54) is 22.3 Å². The fourth-order valence-corrected chi connectivity index (χ4v) is 3.82. The molecule has 0 amide bonds. The van der Waals surface area contributed by atoms with Gasteiger partial charge < -0.3 is 19.7 Å². The molecule has 0 saturated carbocycles. The summed E-state index contributed by atoms with van der Waals surface area (Å²) in [6, 6.07) is 13.1. The van der Waals surface area contributed by atoms with Gasteiger partial charge in [0, 0.05) is 18.7 Å². The first-order valence-corrected chi connectivity index (χ1v) is 10.0. The van der Waals surface area contributed by atoms with Crippen LogP contribution in [0.5, 0.6) is 11.5 Å². The molecule has 4 heteroatoms. The summed E-state index contributed by atoms with van der Waals surface area (Å²) < 4.78 is 11.6. The molecule has 0 spiro atoms. The molecule has 1 unspecified atom stereocenters. The zero-order valence-electron chi connectivity index (χ0n) is 17.0. The van der Waals surface area contributed by atoms with Crippen molar-refractivity contribution < 1.29 is 9.47 Å². The summed E-state index contributed by atoms with van der Waals surface area (Å²) in [6.45, 7) is 11.3. The molecule has 1 atom stereocenters. The highest BCUT2D eigenvalue weighted by Gasteiger charge is 2.24. The molecule has 2 aromatic rings. The Labute approximate surface area is 163 Å². The summed E-state index contributed by atoms with van der Waals surface area (Å²) in [5.41, 5.74) is 5.13. The van der Waals surface area contributed by atoms with E-state index in [1.54, 1.807) is 7.11 Å². The van der Waals surface area contributed by atoms with Gasteiger partial charge in [0.25, 0.3) is 0 Å². The Morgan fingerprint density at radius 2 is 1.89 bits per heavy atom. The predicted octanol–water partition coefficient (Wildman–Crippen LogP) is 3.96. The molecular weight excluding hydrogens is 336 g/mol. The molecule has 1 aliphatic heterocycles. The number of nitrogens with one attached hydrogen (secondary N) is 1. The number of hydrogen-bond acceptors (Lipinski definition) is 4. The molecule has 1 heterocycles. The molecule has 0 bridgehead atoms. The van der Waals surface area contributed by atoms with E-state index in [2.05, 4.69) is 67.4 Å². The van der Waals surface area contributed by atoms with Crippen molar-refractivity contribution in [1.29, 1.82) is 0 Å². The van der Waals surface area contributed by atoms with Crippen molar-refractivity contribution in [3.05, 3.63) is 58.7 Å². The monoisotopic (exact) mass is 368 g/mol. The van der Waals surface area contributed by atoms with Gasteiger partial charge >= 0.3 is 0 Å². The first-order valence-electron chi connectivity index (χ1n) is 10.0. The van der Waals surface area contributed by atoms with Gasteiger partial charge in [-0.15, -0.1) is 0 Å². The number of fused-ring (bicyclic) bond motifs is 1. The maximum atomic E-state index is 6.02. The minimum Gasteiger partial charge on any atom is -0.496 e. The lowest BCUT2D eigenvalue weighted by atomic mass is 9.88. The quantitative estimate of drug-likeness (QED) is 0.765. The van der Waals surface area contributed by atoms with Gasteiger partial charge in [-0.25, -0.2) is 0 Å². The first kappa shape index (κ1) is 19.7. The van der Waals surface area contributed by atoms with E-state index in [-0.39, 0.29) is 6.04 Å². The fourth-order valence-electron chi connectivity index (χ4n) is 3.82. The second kappa shape index (κ2) is 9.25. The predicted molar refractivity (Wildman–Crippen MR) is 111 cm³/mol. The van der Waals surface area contributed by atoms with Crippen LogP contribution in [0.3, 0.4) is 0 Å². The van der Waals surface area contributed by atoms with Crippen LogP contribution in [0.15, 0.2) is 36.4 Å². The Bertz CT molecular complexity index is 756. The summed E-state index contributed by atoms with van der Waals surface area (Å²) >= 11 is 0. The summed E-state index contributed by atoms with van der Waals surface area (Å²) in [4.78, 5) is 2.38. The number of methoxy groups -OCH3 is 1. The van der Waals surface area contributed by atoms with Gasteiger partial charge in [0.15, 0.2) is 0 Å². The van der Waals surface area contributed by atoms with Crippen LogP contribution < -0.4 is 14.8 Å². The number of rotatable bonds is 8. The molecule has 0 fully saturated rings. The average molecular weight is 369 g/mol. The first-order chi connectivity index (χ1) is 13.2. The molecule has 0 aromatic heterocycles. The van der Waals surface area contributed by atoms with Crippen LogP contribution >= 0.6 is 0 Å². The van der Waals surface area contributed by atoms with Crippen molar-refractivity contribution in [2.75, 3.05) is 39.9 Å². The Morgan fingerprint density at radius 3 is 2.63 bits per heavy atom. The Morgan fingerprint density at radius 1 is 1.07 bits per heavy atom. The van der Waals surface area contributed by atoms with Crippen molar-refractivity contribution in [2.45, 2.75) is 33.2 Å². The van der Waals surface area contributed by atoms with E-state index < -0.39 is 0 Å². The van der Waals surface area contributed by atoms with Crippen LogP contribution in [0.25, 0.3) is 0 Å².